The zero-order valence-electron chi connectivity index (χ0n) is 13.7. The number of piperidine rings is 1. The first kappa shape index (κ1) is 16.5. The van der Waals surface area contributed by atoms with Gasteiger partial charge < -0.3 is 15.2 Å². The Morgan fingerprint density at radius 1 is 1.41 bits per heavy atom. The van der Waals surface area contributed by atoms with Crippen molar-refractivity contribution < 1.29 is 9.59 Å². The molecule has 1 aromatic rings. The summed E-state index contributed by atoms with van der Waals surface area (Å²) in [6.07, 6.45) is 4.34. The third-order valence-electron chi connectivity index (χ3n) is 4.15. The molecule has 1 aliphatic rings. The van der Waals surface area contributed by atoms with E-state index in [9.17, 15) is 9.59 Å². The third kappa shape index (κ3) is 4.08. The van der Waals surface area contributed by atoms with Gasteiger partial charge in [0.1, 0.15) is 5.69 Å². The quantitative estimate of drug-likeness (QED) is 0.874. The van der Waals surface area contributed by atoms with Gasteiger partial charge in [-0.3, -0.25) is 9.59 Å². The highest BCUT2D eigenvalue weighted by molar-refractivity contribution is 6.04. The molecule has 1 fully saturated rings. The van der Waals surface area contributed by atoms with Crippen LogP contribution in [0.25, 0.3) is 0 Å². The van der Waals surface area contributed by atoms with Crippen molar-refractivity contribution in [2.45, 2.75) is 40.0 Å². The van der Waals surface area contributed by atoms with Crippen molar-refractivity contribution in [1.29, 1.82) is 0 Å². The lowest BCUT2D eigenvalue weighted by atomic mass is 9.99. The van der Waals surface area contributed by atoms with Gasteiger partial charge >= 0.3 is 0 Å². The van der Waals surface area contributed by atoms with Crippen LogP contribution in [0.15, 0.2) is 6.33 Å². The van der Waals surface area contributed by atoms with Gasteiger partial charge in [-0.15, -0.1) is 0 Å². The SMILES string of the molecule is CC(C)CCNC(=O)c1nc[nH]c1C(=O)N1CCC(C)CC1. The molecule has 0 saturated carbocycles. The number of H-pyrrole nitrogens is 1. The molecule has 6 nitrogen and oxygen atoms in total. The lowest BCUT2D eigenvalue weighted by Gasteiger charge is -2.30. The molecule has 2 heterocycles. The minimum atomic E-state index is -0.282. The Morgan fingerprint density at radius 3 is 2.73 bits per heavy atom. The van der Waals surface area contributed by atoms with E-state index in [1.54, 1.807) is 4.90 Å². The fourth-order valence-electron chi connectivity index (χ4n) is 2.56. The van der Waals surface area contributed by atoms with E-state index in [1.807, 2.05) is 0 Å². The number of imidazole rings is 1. The number of aromatic nitrogens is 2. The maximum atomic E-state index is 12.5. The summed E-state index contributed by atoms with van der Waals surface area (Å²) in [5.74, 6) is 0.773. The number of nitrogens with one attached hydrogen (secondary N) is 2. The molecule has 1 aliphatic heterocycles. The van der Waals surface area contributed by atoms with Crippen LogP contribution < -0.4 is 5.32 Å². The maximum Gasteiger partial charge on any atom is 0.272 e. The second kappa shape index (κ2) is 7.42. The van der Waals surface area contributed by atoms with E-state index in [4.69, 9.17) is 0 Å². The van der Waals surface area contributed by atoms with Crippen molar-refractivity contribution in [2.24, 2.45) is 11.8 Å². The lowest BCUT2D eigenvalue weighted by molar-refractivity contribution is 0.0686. The van der Waals surface area contributed by atoms with E-state index in [2.05, 4.69) is 36.1 Å². The van der Waals surface area contributed by atoms with E-state index in [0.29, 0.717) is 24.1 Å². The standard InChI is InChI=1S/C16H26N4O2/c1-11(2)4-7-17-15(21)13-14(19-10-18-13)16(22)20-8-5-12(3)6-9-20/h10-12H,4-9H2,1-3H3,(H,17,21)(H,18,19). The van der Waals surface area contributed by atoms with Gasteiger partial charge in [0.2, 0.25) is 0 Å². The van der Waals surface area contributed by atoms with Crippen molar-refractivity contribution >= 4 is 11.8 Å². The van der Waals surface area contributed by atoms with Crippen LogP contribution in [0.4, 0.5) is 0 Å². The maximum absolute atomic E-state index is 12.5. The number of carbonyl (C=O) groups excluding carboxylic acids is 2. The summed E-state index contributed by atoms with van der Waals surface area (Å²) in [6, 6.07) is 0. The average Bonchev–Trinajstić information content (AvgIpc) is 2.96. The first-order chi connectivity index (χ1) is 10.5. The monoisotopic (exact) mass is 306 g/mol. The van der Waals surface area contributed by atoms with Crippen LogP contribution in [0.5, 0.6) is 0 Å². The fraction of sp³-hybridized carbons (Fsp3) is 0.688. The predicted molar refractivity (Wildman–Crippen MR) is 84.7 cm³/mol. The Hall–Kier alpha value is -1.85. The summed E-state index contributed by atoms with van der Waals surface area (Å²) in [7, 11) is 0. The second-order valence-electron chi connectivity index (χ2n) is 6.54. The molecule has 0 spiro atoms. The van der Waals surface area contributed by atoms with E-state index in [-0.39, 0.29) is 17.5 Å². The summed E-state index contributed by atoms with van der Waals surface area (Å²) in [5.41, 5.74) is 0.504. The van der Waals surface area contributed by atoms with Crippen LogP contribution in [0.3, 0.4) is 0 Å². The molecule has 1 aromatic heterocycles. The largest absolute Gasteiger partial charge is 0.351 e. The van der Waals surface area contributed by atoms with Gasteiger partial charge in [-0.05, 0) is 31.1 Å². The molecular formula is C16H26N4O2. The summed E-state index contributed by atoms with van der Waals surface area (Å²) in [6.45, 7) is 8.49. The van der Waals surface area contributed by atoms with Gasteiger partial charge in [-0.1, -0.05) is 20.8 Å². The van der Waals surface area contributed by atoms with Crippen LogP contribution in [0.1, 0.15) is 61.0 Å². The van der Waals surface area contributed by atoms with Gasteiger partial charge in [0.15, 0.2) is 5.69 Å². The highest BCUT2D eigenvalue weighted by Gasteiger charge is 2.26. The van der Waals surface area contributed by atoms with Gasteiger partial charge in [-0.25, -0.2) is 4.98 Å². The lowest BCUT2D eigenvalue weighted by Crippen LogP contribution is -2.39. The number of aromatic amines is 1. The number of hydrogen-bond acceptors (Lipinski definition) is 3. The van der Waals surface area contributed by atoms with Crippen molar-refractivity contribution in [3.05, 3.63) is 17.7 Å². The molecule has 6 heteroatoms. The molecule has 2 N–H and O–H groups in total. The molecule has 0 bridgehead atoms. The zero-order chi connectivity index (χ0) is 16.1. The Labute approximate surface area is 131 Å². The van der Waals surface area contributed by atoms with Crippen LogP contribution in [0, 0.1) is 11.8 Å². The molecule has 2 amide bonds. The molecule has 0 unspecified atom stereocenters. The molecule has 0 radical (unpaired) electrons. The number of hydrogen-bond donors (Lipinski definition) is 2. The second-order valence-corrected chi connectivity index (χ2v) is 6.54. The van der Waals surface area contributed by atoms with Gasteiger partial charge in [0.25, 0.3) is 11.8 Å². The number of amides is 2. The Balaban J connectivity index is 1.99. The van der Waals surface area contributed by atoms with Crippen LogP contribution in [-0.2, 0) is 0 Å². The number of carbonyl (C=O) groups is 2. The number of rotatable bonds is 5. The molecule has 2 rings (SSSR count). The number of likely N-dealkylation sites (tertiary alicyclic amines) is 1. The van der Waals surface area contributed by atoms with Crippen LogP contribution >= 0.6 is 0 Å². The van der Waals surface area contributed by atoms with Crippen molar-refractivity contribution in [3.63, 3.8) is 0 Å². The minimum absolute atomic E-state index is 0.126. The van der Waals surface area contributed by atoms with E-state index >= 15 is 0 Å². The first-order valence-corrected chi connectivity index (χ1v) is 8.10. The summed E-state index contributed by atoms with van der Waals surface area (Å²) >= 11 is 0. The molecule has 122 valence electrons. The Bertz CT molecular complexity index is 516. The smallest absolute Gasteiger partial charge is 0.272 e. The zero-order valence-corrected chi connectivity index (χ0v) is 13.7. The number of nitrogens with zero attached hydrogens (tertiary/aromatic N) is 2. The fourth-order valence-corrected chi connectivity index (χ4v) is 2.56. The van der Waals surface area contributed by atoms with Crippen molar-refractivity contribution in [2.75, 3.05) is 19.6 Å². The molecule has 22 heavy (non-hydrogen) atoms. The van der Waals surface area contributed by atoms with Crippen molar-refractivity contribution in [3.8, 4) is 0 Å². The van der Waals surface area contributed by atoms with Crippen LogP contribution in [0.2, 0.25) is 0 Å². The van der Waals surface area contributed by atoms with Gasteiger partial charge in [-0.2, -0.15) is 0 Å². The molecule has 1 saturated heterocycles. The first-order valence-electron chi connectivity index (χ1n) is 8.10. The summed E-state index contributed by atoms with van der Waals surface area (Å²) < 4.78 is 0. The minimum Gasteiger partial charge on any atom is -0.351 e. The summed E-state index contributed by atoms with van der Waals surface area (Å²) in [4.78, 5) is 33.4. The van der Waals surface area contributed by atoms with E-state index < -0.39 is 0 Å². The van der Waals surface area contributed by atoms with Crippen molar-refractivity contribution in [1.82, 2.24) is 20.2 Å². The molecule has 0 aromatic carbocycles. The Morgan fingerprint density at radius 2 is 2.09 bits per heavy atom. The molecular weight excluding hydrogens is 280 g/mol. The Kier molecular flexibility index (Phi) is 5.57. The van der Waals surface area contributed by atoms with E-state index in [1.165, 1.54) is 6.33 Å². The normalized spacial score (nSPS) is 16.1. The molecule has 0 atom stereocenters. The van der Waals surface area contributed by atoms with Crippen LogP contribution in [-0.4, -0.2) is 46.3 Å². The van der Waals surface area contributed by atoms with E-state index in [0.717, 1.165) is 32.4 Å². The van der Waals surface area contributed by atoms with Gasteiger partial charge in [0, 0.05) is 19.6 Å². The highest BCUT2D eigenvalue weighted by Crippen LogP contribution is 2.18. The average molecular weight is 306 g/mol. The molecule has 0 aliphatic carbocycles. The predicted octanol–water partition coefficient (Wildman–Crippen LogP) is 2.06. The highest BCUT2D eigenvalue weighted by atomic mass is 16.2. The topological polar surface area (TPSA) is 78.1 Å². The third-order valence-corrected chi connectivity index (χ3v) is 4.15. The summed E-state index contributed by atoms with van der Waals surface area (Å²) in [5, 5.41) is 2.83. The van der Waals surface area contributed by atoms with Gasteiger partial charge in [0.05, 0.1) is 6.33 Å².